The maximum absolute atomic E-state index is 17.2. The smallest absolute Gasteiger partial charge is 0.310 e. The van der Waals surface area contributed by atoms with E-state index in [0.29, 0.717) is 11.1 Å². The van der Waals surface area contributed by atoms with Crippen molar-refractivity contribution in [2.24, 2.45) is 5.92 Å². The summed E-state index contributed by atoms with van der Waals surface area (Å²) in [5, 5.41) is 21.5. The molecule has 5 atom stereocenters. The lowest BCUT2D eigenvalue weighted by molar-refractivity contribution is -0.147. The number of aliphatic carboxylic acids is 1. The van der Waals surface area contributed by atoms with Crippen LogP contribution in [0.5, 0.6) is 5.75 Å². The number of hydrogen-bond acceptors (Lipinski definition) is 4. The average Bonchev–Trinajstić information content (AvgIpc) is 3.12. The van der Waals surface area contributed by atoms with E-state index in [1.165, 1.54) is 12.3 Å². The molecular weight excluding hydrogens is 489 g/mol. The number of aliphatic hydroxyl groups excluding tert-OH is 1. The summed E-state index contributed by atoms with van der Waals surface area (Å²) < 4.78 is 24.3. The summed E-state index contributed by atoms with van der Waals surface area (Å²) in [5.41, 5.74) is -3.71. The molecule has 0 spiro atoms. The van der Waals surface area contributed by atoms with Gasteiger partial charge in [0.2, 0.25) is 5.67 Å². The molecular formula is C23H16BrClFNO4. The van der Waals surface area contributed by atoms with E-state index in [2.05, 4.69) is 20.9 Å². The number of carboxylic acids is 1. The van der Waals surface area contributed by atoms with Crippen molar-refractivity contribution in [1.29, 1.82) is 0 Å². The molecule has 0 unspecified atom stereocenters. The van der Waals surface area contributed by atoms with Crippen LogP contribution >= 0.6 is 27.5 Å². The fourth-order valence-corrected chi connectivity index (χ4v) is 5.47. The molecule has 3 aromatic rings. The number of rotatable bonds is 3. The number of carbonyl (C=O) groups is 1. The number of benzene rings is 2. The number of pyridine rings is 1. The molecule has 0 saturated heterocycles. The number of aromatic nitrogens is 1. The largest absolute Gasteiger partial charge is 0.481 e. The standard InChI is InChI=1S/C23H16BrClFNO4/c24-14-8-6-13(7-9-14)23-18(12-4-2-1-3-5-12)17(21(29)30)20(28)22(23,26)19-16(31-23)10-15(25)11-27-19/h1-11,17-18,20,28H,(H,29,30)/t17-,18-,20-,22+,23+/m1/s1. The molecule has 1 fully saturated rings. The Balaban J connectivity index is 1.87. The van der Waals surface area contributed by atoms with Gasteiger partial charge in [-0.3, -0.25) is 9.78 Å². The van der Waals surface area contributed by atoms with Gasteiger partial charge in [-0.1, -0.05) is 70.0 Å². The molecule has 5 nitrogen and oxygen atoms in total. The Morgan fingerprint density at radius 1 is 1.16 bits per heavy atom. The molecule has 0 amide bonds. The first-order valence-corrected chi connectivity index (χ1v) is 10.7. The van der Waals surface area contributed by atoms with E-state index in [4.69, 9.17) is 16.3 Å². The zero-order valence-electron chi connectivity index (χ0n) is 15.9. The van der Waals surface area contributed by atoms with Gasteiger partial charge in [0.15, 0.2) is 5.60 Å². The fourth-order valence-electron chi connectivity index (χ4n) is 5.05. The van der Waals surface area contributed by atoms with Gasteiger partial charge in [0.05, 0.1) is 10.9 Å². The third-order valence-electron chi connectivity index (χ3n) is 6.24. The van der Waals surface area contributed by atoms with Crippen molar-refractivity contribution in [3.63, 3.8) is 0 Å². The zero-order valence-corrected chi connectivity index (χ0v) is 18.2. The lowest BCUT2D eigenvalue weighted by Crippen LogP contribution is -2.49. The van der Waals surface area contributed by atoms with Crippen LogP contribution in [0.15, 0.2) is 71.3 Å². The van der Waals surface area contributed by atoms with E-state index in [1.54, 1.807) is 54.6 Å². The molecule has 1 aromatic heterocycles. The highest BCUT2D eigenvalue weighted by atomic mass is 79.9. The maximum Gasteiger partial charge on any atom is 0.310 e. The molecule has 2 heterocycles. The minimum absolute atomic E-state index is 0.0849. The quantitative estimate of drug-likeness (QED) is 0.535. The van der Waals surface area contributed by atoms with Crippen LogP contribution < -0.4 is 4.74 Å². The predicted octanol–water partition coefficient (Wildman–Crippen LogP) is 4.81. The molecule has 5 rings (SSSR count). The van der Waals surface area contributed by atoms with E-state index in [-0.39, 0.29) is 16.5 Å². The van der Waals surface area contributed by atoms with Gasteiger partial charge in [-0.05, 0) is 23.3 Å². The second kappa shape index (κ2) is 7.02. The Hall–Kier alpha value is -2.48. The number of nitrogens with zero attached hydrogens (tertiary/aromatic N) is 1. The van der Waals surface area contributed by atoms with E-state index in [0.717, 1.165) is 4.47 Å². The minimum atomic E-state index is -2.62. The highest BCUT2D eigenvalue weighted by Gasteiger charge is 2.79. The number of ether oxygens (including phenoxy) is 1. The summed E-state index contributed by atoms with van der Waals surface area (Å²) in [7, 11) is 0. The molecule has 31 heavy (non-hydrogen) atoms. The summed E-state index contributed by atoms with van der Waals surface area (Å²) in [6.45, 7) is 0. The summed E-state index contributed by atoms with van der Waals surface area (Å²) >= 11 is 9.45. The van der Waals surface area contributed by atoms with Crippen molar-refractivity contribution >= 4 is 33.5 Å². The molecule has 0 bridgehead atoms. The highest BCUT2D eigenvalue weighted by Crippen LogP contribution is 2.69. The molecule has 2 N–H and O–H groups in total. The normalized spacial score (nSPS) is 31.0. The Bertz CT molecular complexity index is 1180. The van der Waals surface area contributed by atoms with Crippen LogP contribution in [0, 0.1) is 5.92 Å². The van der Waals surface area contributed by atoms with Gasteiger partial charge in [-0.25, -0.2) is 4.39 Å². The van der Waals surface area contributed by atoms with E-state index < -0.39 is 35.2 Å². The summed E-state index contributed by atoms with van der Waals surface area (Å²) in [5.74, 6) is -3.74. The van der Waals surface area contributed by atoms with Crippen molar-refractivity contribution < 1.29 is 24.1 Å². The van der Waals surface area contributed by atoms with Crippen LogP contribution in [0.25, 0.3) is 0 Å². The topological polar surface area (TPSA) is 79.7 Å². The van der Waals surface area contributed by atoms with Crippen LogP contribution in [0.3, 0.4) is 0 Å². The van der Waals surface area contributed by atoms with Gasteiger partial charge >= 0.3 is 5.97 Å². The van der Waals surface area contributed by atoms with Gasteiger partial charge in [0.25, 0.3) is 0 Å². The lowest BCUT2D eigenvalue weighted by atomic mass is 9.72. The Labute approximate surface area is 190 Å². The van der Waals surface area contributed by atoms with Gasteiger partial charge in [-0.2, -0.15) is 0 Å². The molecule has 0 radical (unpaired) electrons. The van der Waals surface area contributed by atoms with E-state index in [1.807, 2.05) is 0 Å². The lowest BCUT2D eigenvalue weighted by Gasteiger charge is -2.38. The first-order chi connectivity index (χ1) is 14.8. The van der Waals surface area contributed by atoms with Crippen LogP contribution in [0.2, 0.25) is 5.02 Å². The molecule has 8 heteroatoms. The number of hydrogen-bond donors (Lipinski definition) is 2. The van der Waals surface area contributed by atoms with Crippen LogP contribution in [0.1, 0.15) is 22.7 Å². The molecule has 158 valence electrons. The first-order valence-electron chi connectivity index (χ1n) is 9.56. The van der Waals surface area contributed by atoms with Crippen LogP contribution in [-0.4, -0.2) is 27.3 Å². The first kappa shape index (κ1) is 20.4. The van der Waals surface area contributed by atoms with Crippen molar-refractivity contribution in [2.45, 2.75) is 23.3 Å². The average molecular weight is 505 g/mol. The Morgan fingerprint density at radius 2 is 1.84 bits per heavy atom. The van der Waals surface area contributed by atoms with Gasteiger partial charge in [-0.15, -0.1) is 0 Å². The maximum atomic E-state index is 17.2. The van der Waals surface area contributed by atoms with Crippen LogP contribution in [-0.2, 0) is 16.1 Å². The van der Waals surface area contributed by atoms with Gasteiger partial charge in [0.1, 0.15) is 17.5 Å². The monoisotopic (exact) mass is 503 g/mol. The van der Waals surface area contributed by atoms with Crippen molar-refractivity contribution in [3.05, 3.63) is 93.2 Å². The molecule has 2 aliphatic rings. The third kappa shape index (κ3) is 2.63. The zero-order chi connectivity index (χ0) is 22.0. The summed E-state index contributed by atoms with van der Waals surface area (Å²) in [6, 6.07) is 16.9. The van der Waals surface area contributed by atoms with Crippen molar-refractivity contribution in [3.8, 4) is 5.75 Å². The third-order valence-corrected chi connectivity index (χ3v) is 6.97. The molecule has 1 aliphatic carbocycles. The van der Waals surface area contributed by atoms with Gasteiger partial charge < -0.3 is 14.9 Å². The molecule has 1 aliphatic heterocycles. The predicted molar refractivity (Wildman–Crippen MR) is 115 cm³/mol. The number of halogens is 3. The van der Waals surface area contributed by atoms with Gasteiger partial charge in [0, 0.05) is 22.7 Å². The summed E-state index contributed by atoms with van der Waals surface area (Å²) in [4.78, 5) is 16.5. The van der Waals surface area contributed by atoms with E-state index >= 15 is 4.39 Å². The number of aliphatic hydroxyl groups is 1. The fraction of sp³-hybridized carbons (Fsp3) is 0.217. The second-order valence-electron chi connectivity index (χ2n) is 7.75. The number of fused-ring (bicyclic) bond motifs is 3. The van der Waals surface area contributed by atoms with Crippen LogP contribution in [0.4, 0.5) is 4.39 Å². The van der Waals surface area contributed by atoms with E-state index in [9.17, 15) is 15.0 Å². The molecule has 1 saturated carbocycles. The van der Waals surface area contributed by atoms with Crippen molar-refractivity contribution in [1.82, 2.24) is 4.98 Å². The number of alkyl halides is 1. The van der Waals surface area contributed by atoms with Crippen molar-refractivity contribution in [2.75, 3.05) is 0 Å². The summed E-state index contributed by atoms with van der Waals surface area (Å²) in [6.07, 6.45) is -0.644. The Kier molecular flexibility index (Phi) is 4.62. The minimum Gasteiger partial charge on any atom is -0.481 e. The second-order valence-corrected chi connectivity index (χ2v) is 9.11. The Morgan fingerprint density at radius 3 is 2.48 bits per heavy atom. The highest BCUT2D eigenvalue weighted by molar-refractivity contribution is 9.10. The number of carboxylic acid groups (broad SMARTS) is 1. The molecule has 2 aromatic carbocycles. The SMILES string of the molecule is O=C(O)[C@H]1[C@@H](O)[C@@]2(F)c3ncc(Cl)cc3O[C@@]2(c2ccc(Br)cc2)[C@@H]1c1ccccc1.